The summed E-state index contributed by atoms with van der Waals surface area (Å²) in [5, 5.41) is 3.49. The molecule has 0 bridgehead atoms. The molecule has 3 heteroatoms. The molecule has 2 aliphatic rings. The van der Waals surface area contributed by atoms with Crippen LogP contribution in [0.25, 0.3) is 0 Å². The first kappa shape index (κ1) is 15.9. The van der Waals surface area contributed by atoms with Crippen molar-refractivity contribution in [1.82, 2.24) is 0 Å². The average Bonchev–Trinajstić information content (AvgIpc) is 3.04. The Kier molecular flexibility index (Phi) is 4.00. The number of hydrogen-bond acceptors (Lipinski definition) is 1. The Balaban J connectivity index is 1.75. The van der Waals surface area contributed by atoms with Crippen molar-refractivity contribution in [2.75, 3.05) is 5.32 Å². The molecule has 24 heavy (non-hydrogen) atoms. The minimum Gasteiger partial charge on any atom is -0.375 e. The van der Waals surface area contributed by atoms with Crippen LogP contribution in [0.2, 0.25) is 0 Å². The van der Waals surface area contributed by atoms with Gasteiger partial charge in [-0.3, -0.25) is 0 Å². The predicted octanol–water partition coefficient (Wildman–Crippen LogP) is 6.54. The van der Waals surface area contributed by atoms with E-state index in [0.29, 0.717) is 17.5 Å². The molecule has 1 nitrogen and oxygen atoms in total. The van der Waals surface area contributed by atoms with Gasteiger partial charge >= 0.3 is 0 Å². The van der Waals surface area contributed by atoms with E-state index in [2.05, 4.69) is 77.6 Å². The Morgan fingerprint density at radius 3 is 2.62 bits per heavy atom. The Hall–Kier alpha value is -1.61. The topological polar surface area (TPSA) is 12.0 Å². The molecule has 2 aromatic rings. The number of benzene rings is 2. The maximum Gasteiger partial charge on any atom is 0.147 e. The van der Waals surface area contributed by atoms with Crippen molar-refractivity contribution in [3.05, 3.63) is 75.5 Å². The predicted molar refractivity (Wildman–Crippen MR) is 101 cm³/mol. The summed E-state index contributed by atoms with van der Waals surface area (Å²) in [6.45, 7) is 4.41. The third kappa shape index (κ3) is 2.59. The van der Waals surface area contributed by atoms with Gasteiger partial charge in [0.05, 0.1) is 11.7 Å². The molecule has 0 amide bonds. The molecule has 0 aromatic heterocycles. The van der Waals surface area contributed by atoms with E-state index >= 15 is 0 Å². The molecule has 0 saturated carbocycles. The summed E-state index contributed by atoms with van der Waals surface area (Å²) >= 11 is 3.43. The standard InChI is InChI=1S/C21H21BrFN/c1-12(2)13-6-8-14(9-7-13)20-17-5-3-4-16(17)18-10-15(22)11-19(23)21(18)24-20/h3-4,6-12,16-17,20,24H,5H2,1-2H3/t16-,17+,20-/m0/s1. The molecule has 4 rings (SSSR count). The highest BCUT2D eigenvalue weighted by Gasteiger charge is 2.39. The number of fused-ring (bicyclic) bond motifs is 3. The second-order valence-corrected chi connectivity index (χ2v) is 8.06. The second kappa shape index (κ2) is 6.03. The zero-order chi connectivity index (χ0) is 16.8. The Labute approximate surface area is 151 Å². The van der Waals surface area contributed by atoms with Gasteiger partial charge in [-0.2, -0.15) is 0 Å². The third-order valence-corrected chi connectivity index (χ3v) is 5.81. The summed E-state index contributed by atoms with van der Waals surface area (Å²) < 4.78 is 15.3. The average molecular weight is 386 g/mol. The van der Waals surface area contributed by atoms with Gasteiger partial charge in [-0.1, -0.05) is 66.2 Å². The molecule has 0 saturated heterocycles. The van der Waals surface area contributed by atoms with Gasteiger partial charge in [0.15, 0.2) is 0 Å². The van der Waals surface area contributed by atoms with E-state index in [0.717, 1.165) is 16.5 Å². The SMILES string of the molecule is CC(C)c1ccc([C@@H]2Nc3c(F)cc(Br)cc3[C@H]3C=CC[C@H]32)cc1. The van der Waals surface area contributed by atoms with Crippen LogP contribution < -0.4 is 5.32 Å². The lowest BCUT2D eigenvalue weighted by atomic mass is 9.77. The molecule has 1 aliphatic carbocycles. The lowest BCUT2D eigenvalue weighted by molar-refractivity contribution is 0.420. The highest BCUT2D eigenvalue weighted by Crippen LogP contribution is 2.51. The normalized spacial score (nSPS) is 24.6. The molecule has 0 spiro atoms. The summed E-state index contributed by atoms with van der Waals surface area (Å²) in [6.07, 6.45) is 5.51. The van der Waals surface area contributed by atoms with Crippen LogP contribution in [0, 0.1) is 11.7 Å². The third-order valence-electron chi connectivity index (χ3n) is 5.35. The monoisotopic (exact) mass is 385 g/mol. The summed E-state index contributed by atoms with van der Waals surface area (Å²) in [5.74, 6) is 1.07. The lowest BCUT2D eigenvalue weighted by Gasteiger charge is -2.37. The fourth-order valence-electron chi connectivity index (χ4n) is 4.04. The molecular formula is C21H21BrFN. The van der Waals surface area contributed by atoms with E-state index in [9.17, 15) is 4.39 Å². The lowest BCUT2D eigenvalue weighted by Crippen LogP contribution is -2.29. The molecule has 3 atom stereocenters. The molecular weight excluding hydrogens is 365 g/mol. The van der Waals surface area contributed by atoms with E-state index in [4.69, 9.17) is 0 Å². The van der Waals surface area contributed by atoms with E-state index in [1.807, 2.05) is 0 Å². The first-order valence-electron chi connectivity index (χ1n) is 8.56. The first-order chi connectivity index (χ1) is 11.5. The zero-order valence-corrected chi connectivity index (χ0v) is 15.5. The highest BCUT2D eigenvalue weighted by molar-refractivity contribution is 9.10. The Morgan fingerprint density at radius 2 is 1.92 bits per heavy atom. The summed E-state index contributed by atoms with van der Waals surface area (Å²) in [6, 6.07) is 12.5. The van der Waals surface area contributed by atoms with E-state index < -0.39 is 0 Å². The summed E-state index contributed by atoms with van der Waals surface area (Å²) in [5.41, 5.74) is 4.30. The largest absolute Gasteiger partial charge is 0.375 e. The van der Waals surface area contributed by atoms with E-state index in [1.54, 1.807) is 6.07 Å². The summed E-state index contributed by atoms with van der Waals surface area (Å²) in [4.78, 5) is 0. The molecule has 0 unspecified atom stereocenters. The maximum absolute atomic E-state index is 14.5. The van der Waals surface area contributed by atoms with Crippen molar-refractivity contribution in [2.24, 2.45) is 5.92 Å². The van der Waals surface area contributed by atoms with Crippen LogP contribution >= 0.6 is 15.9 Å². The quantitative estimate of drug-likeness (QED) is 0.578. The van der Waals surface area contributed by atoms with Gasteiger partial charge in [0.2, 0.25) is 0 Å². The van der Waals surface area contributed by atoms with Gasteiger partial charge in [-0.05, 0) is 47.1 Å². The van der Waals surface area contributed by atoms with Crippen LogP contribution in [0.3, 0.4) is 0 Å². The van der Waals surface area contributed by atoms with E-state index in [1.165, 1.54) is 11.1 Å². The molecule has 1 heterocycles. The van der Waals surface area contributed by atoms with E-state index in [-0.39, 0.29) is 17.8 Å². The fraction of sp³-hybridized carbons (Fsp3) is 0.333. The van der Waals surface area contributed by atoms with Crippen molar-refractivity contribution < 1.29 is 4.39 Å². The minimum atomic E-state index is -0.179. The van der Waals surface area contributed by atoms with Gasteiger partial charge in [-0.15, -0.1) is 0 Å². The number of rotatable bonds is 2. The second-order valence-electron chi connectivity index (χ2n) is 7.15. The number of halogens is 2. The minimum absolute atomic E-state index is 0.148. The van der Waals surface area contributed by atoms with Crippen LogP contribution in [-0.2, 0) is 0 Å². The van der Waals surface area contributed by atoms with Crippen molar-refractivity contribution in [3.8, 4) is 0 Å². The van der Waals surface area contributed by atoms with Crippen molar-refractivity contribution in [3.63, 3.8) is 0 Å². The van der Waals surface area contributed by atoms with Gasteiger partial charge in [0, 0.05) is 10.4 Å². The zero-order valence-electron chi connectivity index (χ0n) is 13.9. The van der Waals surface area contributed by atoms with Gasteiger partial charge in [-0.25, -0.2) is 4.39 Å². The smallest absolute Gasteiger partial charge is 0.147 e. The highest BCUT2D eigenvalue weighted by atomic mass is 79.9. The maximum atomic E-state index is 14.5. The van der Waals surface area contributed by atoms with Crippen LogP contribution in [0.5, 0.6) is 0 Å². The molecule has 0 fully saturated rings. The number of nitrogens with one attached hydrogen (secondary N) is 1. The van der Waals surface area contributed by atoms with Crippen molar-refractivity contribution >= 4 is 21.6 Å². The molecule has 124 valence electrons. The molecule has 0 radical (unpaired) electrons. The first-order valence-corrected chi connectivity index (χ1v) is 9.36. The van der Waals surface area contributed by atoms with Gasteiger partial charge in [0.25, 0.3) is 0 Å². The number of anilines is 1. The van der Waals surface area contributed by atoms with Gasteiger partial charge < -0.3 is 5.32 Å². The van der Waals surface area contributed by atoms with Crippen molar-refractivity contribution in [1.29, 1.82) is 0 Å². The van der Waals surface area contributed by atoms with Crippen LogP contribution in [0.1, 0.15) is 54.8 Å². The number of allylic oxidation sites excluding steroid dienone is 2. The summed E-state index contributed by atoms with van der Waals surface area (Å²) in [7, 11) is 0. The Bertz CT molecular complexity index is 794. The van der Waals surface area contributed by atoms with Crippen LogP contribution in [0.4, 0.5) is 10.1 Å². The number of hydrogen-bond donors (Lipinski definition) is 1. The molecule has 1 aliphatic heterocycles. The van der Waals surface area contributed by atoms with Gasteiger partial charge in [0.1, 0.15) is 5.82 Å². The molecule has 2 aromatic carbocycles. The van der Waals surface area contributed by atoms with Crippen LogP contribution in [-0.4, -0.2) is 0 Å². The van der Waals surface area contributed by atoms with Crippen molar-refractivity contribution in [2.45, 2.75) is 38.1 Å². The Morgan fingerprint density at radius 1 is 1.17 bits per heavy atom. The molecule has 1 N–H and O–H groups in total. The van der Waals surface area contributed by atoms with Crippen LogP contribution in [0.15, 0.2) is 53.0 Å². The fourth-order valence-corrected chi connectivity index (χ4v) is 4.49.